The van der Waals surface area contributed by atoms with E-state index in [1.165, 1.54) is 6.07 Å². The summed E-state index contributed by atoms with van der Waals surface area (Å²) in [6.07, 6.45) is 2.04. The van der Waals surface area contributed by atoms with E-state index in [0.29, 0.717) is 18.4 Å². The molecule has 0 saturated heterocycles. The summed E-state index contributed by atoms with van der Waals surface area (Å²) < 4.78 is 73.3. The van der Waals surface area contributed by atoms with E-state index in [9.17, 15) is 26.4 Å². The molecule has 0 spiro atoms. The third kappa shape index (κ3) is 5.16. The summed E-state index contributed by atoms with van der Waals surface area (Å²) in [5.74, 6) is -4.24. The molecule has 1 aromatic rings. The number of ether oxygens (including phenoxy) is 1. The minimum absolute atomic E-state index is 0. The van der Waals surface area contributed by atoms with Gasteiger partial charge in [-0.05, 0) is 49.1 Å². The largest absolute Gasteiger partial charge is 0.493 e. The van der Waals surface area contributed by atoms with Crippen molar-refractivity contribution in [2.45, 2.75) is 50.4 Å². The Kier molecular flexibility index (Phi) is 5.90. The first-order valence-electron chi connectivity index (χ1n) is 9.20. The number of benzene rings is 1. The summed E-state index contributed by atoms with van der Waals surface area (Å²) in [7, 11) is -2.93. The van der Waals surface area contributed by atoms with E-state index in [1.807, 2.05) is 4.72 Å². The van der Waals surface area contributed by atoms with Gasteiger partial charge in [0.15, 0.2) is 0 Å². The fourth-order valence-corrected chi connectivity index (χ4v) is 3.74. The van der Waals surface area contributed by atoms with Gasteiger partial charge in [-0.3, -0.25) is 4.79 Å². The Bertz CT molecular complexity index is 857. The molecule has 0 atom stereocenters. The molecule has 0 bridgehead atoms. The van der Waals surface area contributed by atoms with Gasteiger partial charge in [-0.15, -0.1) is 0 Å². The Morgan fingerprint density at radius 1 is 1.25 bits per heavy atom. The molecule has 10 heteroatoms. The van der Waals surface area contributed by atoms with E-state index in [0.717, 1.165) is 26.0 Å². The monoisotopic (exact) mass is 424 g/mol. The molecule has 0 radical (unpaired) electrons. The Morgan fingerprint density at radius 3 is 2.46 bits per heavy atom. The van der Waals surface area contributed by atoms with Gasteiger partial charge in [-0.25, -0.2) is 22.6 Å². The van der Waals surface area contributed by atoms with Crippen molar-refractivity contribution < 1.29 is 34.0 Å². The first-order valence-corrected chi connectivity index (χ1v) is 10.7. The average Bonchev–Trinajstić information content (AvgIpc) is 3.45. The van der Waals surface area contributed by atoms with Crippen molar-refractivity contribution in [2.75, 3.05) is 13.7 Å². The zero-order valence-corrected chi connectivity index (χ0v) is 16.3. The molecule has 0 unspecified atom stereocenters. The molecule has 2 aliphatic carbocycles. The van der Waals surface area contributed by atoms with E-state index in [2.05, 4.69) is 0 Å². The van der Waals surface area contributed by atoms with Crippen LogP contribution in [-0.4, -0.2) is 33.9 Å². The summed E-state index contributed by atoms with van der Waals surface area (Å²) >= 11 is 0. The van der Waals surface area contributed by atoms with Crippen LogP contribution < -0.4 is 14.2 Å². The van der Waals surface area contributed by atoms with Crippen LogP contribution in [0.1, 0.15) is 63.2 Å². The summed E-state index contributed by atoms with van der Waals surface area (Å²) in [5.41, 5.74) is 0.250. The zero-order chi connectivity index (χ0) is 20.5. The van der Waals surface area contributed by atoms with E-state index < -0.39 is 27.9 Å². The number of nitrogens with one attached hydrogen (secondary N) is 2. The van der Waals surface area contributed by atoms with Crippen LogP contribution in [0.25, 0.3) is 0 Å². The Labute approximate surface area is 165 Å². The second-order valence-corrected chi connectivity index (χ2v) is 9.01. The van der Waals surface area contributed by atoms with Crippen LogP contribution >= 0.6 is 0 Å². The topological polar surface area (TPSA) is 84.5 Å². The molecule has 1 amide bonds. The van der Waals surface area contributed by atoms with Crippen molar-refractivity contribution in [1.29, 1.82) is 0 Å². The number of hydrogen-bond acceptors (Lipinski definition) is 4. The quantitative estimate of drug-likeness (QED) is 0.701. The molecule has 0 heterocycles. The molecule has 28 heavy (non-hydrogen) atoms. The van der Waals surface area contributed by atoms with E-state index in [1.54, 1.807) is 4.72 Å². The van der Waals surface area contributed by atoms with Gasteiger partial charge in [0.1, 0.15) is 11.6 Å². The van der Waals surface area contributed by atoms with Crippen molar-refractivity contribution in [1.82, 2.24) is 9.44 Å². The van der Waals surface area contributed by atoms with Crippen LogP contribution in [0.5, 0.6) is 5.75 Å². The number of alkyl halides is 2. The highest BCUT2D eigenvalue weighted by molar-refractivity contribution is 7.88. The number of hydrogen-bond donors (Lipinski definition) is 2. The van der Waals surface area contributed by atoms with Crippen LogP contribution in [-0.2, 0) is 10.2 Å². The lowest BCUT2D eigenvalue weighted by molar-refractivity contribution is -0.0499. The molecule has 1 aromatic carbocycles. The van der Waals surface area contributed by atoms with Crippen LogP contribution in [0.15, 0.2) is 12.1 Å². The fourth-order valence-electron chi connectivity index (χ4n) is 3.29. The molecular weight excluding hydrogens is 397 g/mol. The predicted octanol–water partition coefficient (Wildman–Crippen LogP) is 3.59. The van der Waals surface area contributed by atoms with Crippen molar-refractivity contribution in [2.24, 2.45) is 5.92 Å². The Hall–Kier alpha value is -1.81. The highest BCUT2D eigenvalue weighted by Crippen LogP contribution is 2.45. The lowest BCUT2D eigenvalue weighted by Crippen LogP contribution is -2.38. The number of rotatable bonds is 7. The molecule has 2 aliphatic rings. The van der Waals surface area contributed by atoms with E-state index in [-0.39, 0.29) is 45.5 Å². The minimum atomic E-state index is -4.05. The SMILES string of the molecule is CNS(=O)(=O)NC(=O)c1cc(C2CC2)c(OCC2CCC(F)(F)CC2)cc1F.[HH].[HH]. The van der Waals surface area contributed by atoms with Gasteiger partial charge < -0.3 is 4.74 Å². The van der Waals surface area contributed by atoms with Gasteiger partial charge in [0.05, 0.1) is 12.2 Å². The summed E-state index contributed by atoms with van der Waals surface area (Å²) in [4.78, 5) is 12.1. The van der Waals surface area contributed by atoms with Gasteiger partial charge in [0.2, 0.25) is 5.92 Å². The van der Waals surface area contributed by atoms with Crippen LogP contribution in [0.2, 0.25) is 0 Å². The molecule has 3 rings (SSSR count). The molecule has 2 N–H and O–H groups in total. The van der Waals surface area contributed by atoms with Gasteiger partial charge in [-0.2, -0.15) is 8.42 Å². The first kappa shape index (κ1) is 20.9. The highest BCUT2D eigenvalue weighted by Gasteiger charge is 2.35. The molecule has 2 fully saturated rings. The molecule has 160 valence electrons. The normalized spacial score (nSPS) is 20.0. The molecule has 2 saturated carbocycles. The van der Waals surface area contributed by atoms with Gasteiger partial charge in [-0.1, -0.05) is 0 Å². The smallest absolute Gasteiger partial charge is 0.301 e. The minimum Gasteiger partial charge on any atom is -0.493 e. The van der Waals surface area contributed by atoms with Crippen molar-refractivity contribution in [3.63, 3.8) is 0 Å². The van der Waals surface area contributed by atoms with Gasteiger partial charge >= 0.3 is 10.2 Å². The highest BCUT2D eigenvalue weighted by atomic mass is 32.2. The standard InChI is InChI=1S/C18H23F3N2O4S.2H2/c1-22-28(25,26)23-17(24)14-8-13(12-2-3-12)16(9-15(14)19)27-10-11-4-6-18(20,21)7-5-11;;/h8-9,11-12,22H,2-7,10H2,1H3,(H,23,24);2*1H. The van der Waals surface area contributed by atoms with E-state index in [4.69, 9.17) is 4.74 Å². The lowest BCUT2D eigenvalue weighted by atomic mass is 9.87. The second kappa shape index (κ2) is 7.90. The molecule has 6 nitrogen and oxygen atoms in total. The third-order valence-corrected chi connectivity index (χ3v) is 6.16. The zero-order valence-electron chi connectivity index (χ0n) is 15.4. The molecular formula is C18H27F3N2O4S. The maximum absolute atomic E-state index is 14.5. The van der Waals surface area contributed by atoms with Crippen LogP contribution in [0.4, 0.5) is 13.2 Å². The fraction of sp³-hybridized carbons (Fsp3) is 0.611. The third-order valence-electron chi connectivity index (χ3n) is 5.17. The number of carbonyl (C=O) groups is 1. The maximum Gasteiger partial charge on any atom is 0.301 e. The molecule has 0 aromatic heterocycles. The Morgan fingerprint density at radius 2 is 1.89 bits per heavy atom. The predicted molar refractivity (Wildman–Crippen MR) is 100 cm³/mol. The maximum atomic E-state index is 14.5. The van der Waals surface area contributed by atoms with Crippen molar-refractivity contribution >= 4 is 16.1 Å². The first-order chi connectivity index (χ1) is 13.1. The van der Waals surface area contributed by atoms with Gasteiger partial charge in [0.25, 0.3) is 5.91 Å². The summed E-state index contributed by atoms with van der Waals surface area (Å²) in [6, 6.07) is 2.39. The molecule has 0 aliphatic heterocycles. The van der Waals surface area contributed by atoms with Crippen LogP contribution in [0.3, 0.4) is 0 Å². The van der Waals surface area contributed by atoms with Crippen molar-refractivity contribution in [3.8, 4) is 5.75 Å². The number of halogens is 3. The summed E-state index contributed by atoms with van der Waals surface area (Å²) in [5, 5.41) is 0. The second-order valence-electron chi connectivity index (χ2n) is 7.39. The van der Waals surface area contributed by atoms with E-state index >= 15 is 0 Å². The summed E-state index contributed by atoms with van der Waals surface area (Å²) in [6.45, 7) is 0.203. The average molecular weight is 424 g/mol. The number of carbonyl (C=O) groups excluding carboxylic acids is 1. The van der Waals surface area contributed by atoms with Crippen molar-refractivity contribution in [3.05, 3.63) is 29.1 Å². The van der Waals surface area contributed by atoms with Gasteiger partial charge in [0, 0.05) is 28.8 Å². The lowest BCUT2D eigenvalue weighted by Gasteiger charge is -2.28. The number of amides is 1. The van der Waals surface area contributed by atoms with Crippen LogP contribution in [0, 0.1) is 11.7 Å². The Balaban J connectivity index is 0.00000225.